The van der Waals surface area contributed by atoms with Crippen molar-refractivity contribution in [3.05, 3.63) is 78.3 Å². The number of carbonyl (C=O) groups is 3. The van der Waals surface area contributed by atoms with Gasteiger partial charge in [-0.2, -0.15) is 0 Å². The second-order valence-corrected chi connectivity index (χ2v) is 7.75. The summed E-state index contributed by atoms with van der Waals surface area (Å²) in [6.07, 6.45) is 4.35. The number of likely N-dealkylation sites (tertiary alicyclic amines) is 1. The van der Waals surface area contributed by atoms with Gasteiger partial charge in [0.05, 0.1) is 11.1 Å². The van der Waals surface area contributed by atoms with Gasteiger partial charge in [0.1, 0.15) is 5.82 Å². The Morgan fingerprint density at radius 2 is 1.91 bits per heavy atom. The van der Waals surface area contributed by atoms with Crippen LogP contribution >= 0.6 is 0 Å². The number of nitrogens with zero attached hydrogens (tertiary/aromatic N) is 3. The van der Waals surface area contributed by atoms with Crippen LogP contribution in [0.4, 0.5) is 5.69 Å². The number of aromatic carboxylic acids is 1. The number of aromatic nitrogens is 2. The second kappa shape index (κ2) is 8.97. The largest absolute Gasteiger partial charge is 0.478 e. The number of hydrogen-bond donors (Lipinski definition) is 2. The lowest BCUT2D eigenvalue weighted by Crippen LogP contribution is -2.29. The lowest BCUT2D eigenvalue weighted by atomic mass is 10.0. The van der Waals surface area contributed by atoms with E-state index in [0.29, 0.717) is 42.1 Å². The summed E-state index contributed by atoms with van der Waals surface area (Å²) < 4.78 is 0. The number of hydrogen-bond acceptors (Lipinski definition) is 5. The van der Waals surface area contributed by atoms with Crippen molar-refractivity contribution in [2.45, 2.75) is 12.8 Å². The lowest BCUT2D eigenvalue weighted by Gasteiger charge is -2.17. The van der Waals surface area contributed by atoms with Crippen molar-refractivity contribution in [2.75, 3.05) is 18.4 Å². The van der Waals surface area contributed by atoms with Crippen molar-refractivity contribution in [2.24, 2.45) is 5.92 Å². The predicted octanol–water partition coefficient (Wildman–Crippen LogP) is 3.16. The minimum atomic E-state index is -0.992. The maximum Gasteiger partial charge on any atom is 0.335 e. The van der Waals surface area contributed by atoms with Crippen molar-refractivity contribution in [3.63, 3.8) is 0 Å². The molecule has 8 nitrogen and oxygen atoms in total. The van der Waals surface area contributed by atoms with E-state index in [9.17, 15) is 19.5 Å². The summed E-state index contributed by atoms with van der Waals surface area (Å²) in [6, 6.07) is 11.6. The molecule has 1 aliphatic heterocycles. The highest BCUT2D eigenvalue weighted by Crippen LogP contribution is 2.23. The summed E-state index contributed by atoms with van der Waals surface area (Å²) in [5.74, 6) is -0.485. The maximum absolute atomic E-state index is 12.8. The Bertz CT molecular complexity index is 1210. The SMILES string of the molecule is C=CC(=O)Nc1ccc(C(=O)N2CC[C@@H](Cc3ncc4ccc(C(=O)O)cc4n3)C2)cc1. The zero-order valence-electron chi connectivity index (χ0n) is 17.3. The first-order chi connectivity index (χ1) is 15.4. The molecule has 8 heteroatoms. The van der Waals surface area contributed by atoms with Crippen molar-refractivity contribution in [1.29, 1.82) is 0 Å². The molecule has 3 aromatic rings. The van der Waals surface area contributed by atoms with Crippen LogP contribution in [-0.2, 0) is 11.2 Å². The highest BCUT2D eigenvalue weighted by Gasteiger charge is 2.27. The monoisotopic (exact) mass is 430 g/mol. The third kappa shape index (κ3) is 4.64. The van der Waals surface area contributed by atoms with Crippen LogP contribution in [0, 0.1) is 5.92 Å². The van der Waals surface area contributed by atoms with E-state index in [0.717, 1.165) is 11.8 Å². The van der Waals surface area contributed by atoms with E-state index in [4.69, 9.17) is 0 Å². The van der Waals surface area contributed by atoms with Crippen LogP contribution in [0.3, 0.4) is 0 Å². The molecule has 1 aromatic heterocycles. The van der Waals surface area contributed by atoms with E-state index in [1.54, 1.807) is 42.6 Å². The van der Waals surface area contributed by atoms with Gasteiger partial charge in [0.2, 0.25) is 5.91 Å². The molecule has 2 amide bonds. The molecule has 2 heterocycles. The van der Waals surface area contributed by atoms with Crippen LogP contribution in [0.2, 0.25) is 0 Å². The van der Waals surface area contributed by atoms with Crippen LogP contribution in [0.1, 0.15) is 33.0 Å². The van der Waals surface area contributed by atoms with Gasteiger partial charge >= 0.3 is 5.97 Å². The van der Waals surface area contributed by atoms with E-state index in [1.165, 1.54) is 12.1 Å². The fourth-order valence-corrected chi connectivity index (χ4v) is 3.81. The average Bonchev–Trinajstić information content (AvgIpc) is 3.27. The molecule has 1 atom stereocenters. The molecule has 2 aromatic carbocycles. The molecule has 0 unspecified atom stereocenters. The molecule has 1 saturated heterocycles. The molecule has 0 bridgehead atoms. The van der Waals surface area contributed by atoms with Gasteiger partial charge in [-0.15, -0.1) is 0 Å². The Balaban J connectivity index is 1.40. The number of anilines is 1. The first kappa shape index (κ1) is 21.2. The number of carboxylic acid groups (broad SMARTS) is 1. The number of rotatable bonds is 6. The third-order valence-corrected chi connectivity index (χ3v) is 5.51. The van der Waals surface area contributed by atoms with Crippen LogP contribution in [-0.4, -0.2) is 50.8 Å². The zero-order valence-corrected chi connectivity index (χ0v) is 17.3. The van der Waals surface area contributed by atoms with Crippen LogP contribution in [0.15, 0.2) is 61.3 Å². The molecule has 1 aliphatic rings. The highest BCUT2D eigenvalue weighted by molar-refractivity contribution is 5.99. The van der Waals surface area contributed by atoms with E-state index >= 15 is 0 Å². The van der Waals surface area contributed by atoms with Gasteiger partial charge in [-0.1, -0.05) is 12.6 Å². The van der Waals surface area contributed by atoms with Gasteiger partial charge < -0.3 is 15.3 Å². The van der Waals surface area contributed by atoms with Gasteiger partial charge in [0, 0.05) is 42.3 Å². The Kier molecular flexibility index (Phi) is 5.93. The molecular formula is C24H22N4O4. The standard InChI is InChI=1S/C24H22N4O4/c1-2-22(29)26-19-7-5-16(6-8-19)23(30)28-10-9-15(14-28)11-21-25-13-18-4-3-17(24(31)32)12-20(18)27-21/h2-8,12-13,15H,1,9-11,14H2,(H,26,29)(H,31,32)/t15-/m0/s1. The van der Waals surface area contributed by atoms with Crippen LogP contribution in [0.5, 0.6) is 0 Å². The summed E-state index contributed by atoms with van der Waals surface area (Å²) in [6.45, 7) is 4.66. The Morgan fingerprint density at radius 1 is 1.16 bits per heavy atom. The molecule has 4 rings (SSSR count). The normalized spacial score (nSPS) is 15.5. The fourth-order valence-electron chi connectivity index (χ4n) is 3.81. The van der Waals surface area contributed by atoms with Gasteiger partial charge in [0.15, 0.2) is 0 Å². The topological polar surface area (TPSA) is 112 Å². The molecule has 162 valence electrons. The minimum absolute atomic E-state index is 0.0559. The minimum Gasteiger partial charge on any atom is -0.478 e. The quantitative estimate of drug-likeness (QED) is 0.581. The molecule has 2 N–H and O–H groups in total. The Morgan fingerprint density at radius 3 is 2.62 bits per heavy atom. The number of nitrogens with one attached hydrogen (secondary N) is 1. The maximum atomic E-state index is 12.8. The van der Waals surface area contributed by atoms with Crippen molar-refractivity contribution in [3.8, 4) is 0 Å². The van der Waals surface area contributed by atoms with E-state index < -0.39 is 5.97 Å². The Labute approximate surface area is 184 Å². The number of amides is 2. The predicted molar refractivity (Wildman–Crippen MR) is 119 cm³/mol. The summed E-state index contributed by atoms with van der Waals surface area (Å²) in [7, 11) is 0. The molecular weight excluding hydrogens is 408 g/mol. The zero-order chi connectivity index (χ0) is 22.7. The molecule has 0 spiro atoms. The first-order valence-corrected chi connectivity index (χ1v) is 10.2. The van der Waals surface area contributed by atoms with Crippen molar-refractivity contribution >= 4 is 34.4 Å². The third-order valence-electron chi connectivity index (χ3n) is 5.51. The summed E-state index contributed by atoms with van der Waals surface area (Å²) >= 11 is 0. The van der Waals surface area contributed by atoms with Crippen molar-refractivity contribution in [1.82, 2.24) is 14.9 Å². The molecule has 32 heavy (non-hydrogen) atoms. The average molecular weight is 430 g/mol. The fraction of sp³-hybridized carbons (Fsp3) is 0.208. The molecule has 1 fully saturated rings. The van der Waals surface area contributed by atoms with Crippen LogP contribution < -0.4 is 5.32 Å². The molecule has 0 aliphatic carbocycles. The number of carboxylic acids is 1. The van der Waals surface area contributed by atoms with Gasteiger partial charge in [-0.3, -0.25) is 9.59 Å². The van der Waals surface area contributed by atoms with Crippen molar-refractivity contribution < 1.29 is 19.5 Å². The van der Waals surface area contributed by atoms with E-state index in [2.05, 4.69) is 21.9 Å². The first-order valence-electron chi connectivity index (χ1n) is 10.2. The lowest BCUT2D eigenvalue weighted by molar-refractivity contribution is -0.111. The number of fused-ring (bicyclic) bond motifs is 1. The van der Waals surface area contributed by atoms with E-state index in [1.807, 2.05) is 4.90 Å². The highest BCUT2D eigenvalue weighted by atomic mass is 16.4. The van der Waals surface area contributed by atoms with Crippen LogP contribution in [0.25, 0.3) is 10.9 Å². The van der Waals surface area contributed by atoms with Gasteiger partial charge in [-0.05, 0) is 54.8 Å². The molecule has 0 radical (unpaired) electrons. The smallest absolute Gasteiger partial charge is 0.335 e. The second-order valence-electron chi connectivity index (χ2n) is 7.75. The summed E-state index contributed by atoms with van der Waals surface area (Å²) in [4.78, 5) is 46.2. The summed E-state index contributed by atoms with van der Waals surface area (Å²) in [5.41, 5.74) is 1.95. The number of carbonyl (C=O) groups excluding carboxylic acids is 2. The van der Waals surface area contributed by atoms with E-state index in [-0.39, 0.29) is 23.3 Å². The Hall–Kier alpha value is -4.07. The number of benzene rings is 2. The summed E-state index contributed by atoms with van der Waals surface area (Å²) in [5, 5.41) is 12.6. The molecule has 0 saturated carbocycles. The van der Waals surface area contributed by atoms with Gasteiger partial charge in [0.25, 0.3) is 5.91 Å². The van der Waals surface area contributed by atoms with Gasteiger partial charge in [-0.25, -0.2) is 14.8 Å².